The third kappa shape index (κ3) is 5.06. The highest BCUT2D eigenvalue weighted by molar-refractivity contribution is 7.91. The highest BCUT2D eigenvalue weighted by Crippen LogP contribution is 2.24. The first kappa shape index (κ1) is 21.1. The lowest BCUT2D eigenvalue weighted by molar-refractivity contribution is 0.102. The van der Waals surface area contributed by atoms with Gasteiger partial charge in [-0.3, -0.25) is 10.1 Å². The zero-order chi connectivity index (χ0) is 21.2. The molecule has 0 saturated carbocycles. The quantitative estimate of drug-likeness (QED) is 0.580. The predicted molar refractivity (Wildman–Crippen MR) is 114 cm³/mol. The number of nitrogens with zero attached hydrogens (tertiary/aromatic N) is 2. The normalized spacial score (nSPS) is 12.6. The molecule has 0 spiro atoms. The average molecular weight is 431 g/mol. The van der Waals surface area contributed by atoms with Gasteiger partial charge in [-0.1, -0.05) is 52.8 Å². The molecule has 2 N–H and O–H groups in total. The molecule has 0 fully saturated rings. The molecular weight excluding hydrogens is 408 g/mol. The van der Waals surface area contributed by atoms with Crippen molar-refractivity contribution < 1.29 is 13.2 Å². The number of nitrogens with one attached hydrogen (secondary N) is 2. The highest BCUT2D eigenvalue weighted by atomic mass is 32.2. The zero-order valence-electron chi connectivity index (χ0n) is 16.6. The second-order valence-electron chi connectivity index (χ2n) is 6.90. The van der Waals surface area contributed by atoms with Gasteiger partial charge in [-0.05, 0) is 51.0 Å². The number of carbonyl (C=O) groups is 1. The summed E-state index contributed by atoms with van der Waals surface area (Å²) in [5.41, 5.74) is 4.41. The van der Waals surface area contributed by atoms with Crippen LogP contribution in [0.15, 0.2) is 46.8 Å². The van der Waals surface area contributed by atoms with Crippen molar-refractivity contribution >= 4 is 32.4 Å². The van der Waals surface area contributed by atoms with Crippen molar-refractivity contribution in [2.75, 3.05) is 5.32 Å². The summed E-state index contributed by atoms with van der Waals surface area (Å²) in [6.45, 7) is 7.59. The van der Waals surface area contributed by atoms with Gasteiger partial charge in [-0.25, -0.2) is 13.1 Å². The van der Waals surface area contributed by atoms with E-state index < -0.39 is 16.1 Å². The van der Waals surface area contributed by atoms with E-state index in [4.69, 9.17) is 0 Å². The van der Waals surface area contributed by atoms with Crippen LogP contribution in [-0.4, -0.2) is 24.5 Å². The van der Waals surface area contributed by atoms with E-state index in [1.807, 2.05) is 45.0 Å². The maximum atomic E-state index is 12.7. The van der Waals surface area contributed by atoms with E-state index in [1.165, 1.54) is 0 Å². The van der Waals surface area contributed by atoms with Crippen molar-refractivity contribution in [3.8, 4) is 0 Å². The number of hydrogen-bond donors (Lipinski definition) is 2. The molecule has 0 aliphatic rings. The molecule has 1 unspecified atom stereocenters. The molecule has 3 rings (SSSR count). The van der Waals surface area contributed by atoms with E-state index in [-0.39, 0.29) is 15.4 Å². The standard InChI is InChI=1S/C20H22N4O3S2/c1-12-6-5-7-16(11-12)18(25)21-19-22-23-20(28-19)29(26,27)24-15(4)17-9-8-13(2)10-14(17)3/h5-11,15,24H,1-4H3,(H,21,22,25). The number of carbonyl (C=O) groups excluding carboxylic acids is 1. The van der Waals surface area contributed by atoms with Crippen LogP contribution in [-0.2, 0) is 10.0 Å². The number of sulfonamides is 1. The van der Waals surface area contributed by atoms with Crippen molar-refractivity contribution in [3.63, 3.8) is 0 Å². The molecule has 1 aromatic heterocycles. The predicted octanol–water partition coefficient (Wildman–Crippen LogP) is 3.76. The fourth-order valence-corrected chi connectivity index (χ4v) is 5.12. The second kappa shape index (κ2) is 8.40. The molecule has 0 radical (unpaired) electrons. The second-order valence-corrected chi connectivity index (χ2v) is 9.76. The summed E-state index contributed by atoms with van der Waals surface area (Å²) in [7, 11) is -3.88. The van der Waals surface area contributed by atoms with Gasteiger partial charge in [0.15, 0.2) is 0 Å². The van der Waals surface area contributed by atoms with Gasteiger partial charge in [0, 0.05) is 11.6 Å². The summed E-state index contributed by atoms with van der Waals surface area (Å²) in [5.74, 6) is -0.370. The van der Waals surface area contributed by atoms with Crippen molar-refractivity contribution in [1.29, 1.82) is 0 Å². The summed E-state index contributed by atoms with van der Waals surface area (Å²) < 4.78 is 27.8. The van der Waals surface area contributed by atoms with Gasteiger partial charge in [-0.15, -0.1) is 10.2 Å². The SMILES string of the molecule is Cc1cccc(C(=O)Nc2nnc(S(=O)(=O)NC(C)c3ccc(C)cc3C)s2)c1. The van der Waals surface area contributed by atoms with Crippen LogP contribution in [0, 0.1) is 20.8 Å². The Morgan fingerprint density at radius 1 is 1.03 bits per heavy atom. The van der Waals surface area contributed by atoms with E-state index in [2.05, 4.69) is 20.2 Å². The largest absolute Gasteiger partial charge is 0.296 e. The number of hydrogen-bond acceptors (Lipinski definition) is 6. The molecule has 0 aliphatic heterocycles. The van der Waals surface area contributed by atoms with Gasteiger partial charge in [0.2, 0.25) is 9.47 Å². The lowest BCUT2D eigenvalue weighted by Crippen LogP contribution is -2.27. The van der Waals surface area contributed by atoms with Gasteiger partial charge in [-0.2, -0.15) is 0 Å². The molecule has 2 aromatic carbocycles. The first-order valence-corrected chi connectivity index (χ1v) is 11.3. The highest BCUT2D eigenvalue weighted by Gasteiger charge is 2.24. The maximum Gasteiger partial charge on any atom is 0.270 e. The Morgan fingerprint density at radius 3 is 2.45 bits per heavy atom. The van der Waals surface area contributed by atoms with E-state index >= 15 is 0 Å². The van der Waals surface area contributed by atoms with Crippen LogP contribution in [0.1, 0.15) is 45.6 Å². The number of aryl methyl sites for hydroxylation is 3. The minimum absolute atomic E-state index is 0.121. The number of aromatic nitrogens is 2. The van der Waals surface area contributed by atoms with Crippen molar-refractivity contribution in [1.82, 2.24) is 14.9 Å². The van der Waals surface area contributed by atoms with Gasteiger partial charge in [0.1, 0.15) is 0 Å². The van der Waals surface area contributed by atoms with Crippen molar-refractivity contribution in [2.24, 2.45) is 0 Å². The molecular formula is C20H22N4O3S2. The Hall–Kier alpha value is -2.62. The smallest absolute Gasteiger partial charge is 0.270 e. The minimum Gasteiger partial charge on any atom is -0.296 e. The van der Waals surface area contributed by atoms with Gasteiger partial charge < -0.3 is 0 Å². The summed E-state index contributed by atoms with van der Waals surface area (Å²) in [4.78, 5) is 12.3. The Kier molecular flexibility index (Phi) is 6.11. The monoisotopic (exact) mass is 430 g/mol. The molecule has 0 aliphatic carbocycles. The summed E-state index contributed by atoms with van der Waals surface area (Å²) in [6, 6.07) is 12.5. The zero-order valence-corrected chi connectivity index (χ0v) is 18.2. The fourth-order valence-electron chi connectivity index (χ4n) is 2.98. The molecule has 3 aromatic rings. The number of rotatable bonds is 6. The topological polar surface area (TPSA) is 101 Å². The molecule has 9 heteroatoms. The Labute approximate surface area is 174 Å². The van der Waals surface area contributed by atoms with Crippen LogP contribution < -0.4 is 10.0 Å². The first-order valence-electron chi connectivity index (χ1n) is 8.97. The molecule has 0 bridgehead atoms. The van der Waals surface area contributed by atoms with Crippen LogP contribution in [0.3, 0.4) is 0 Å². The van der Waals surface area contributed by atoms with Crippen molar-refractivity contribution in [2.45, 2.75) is 38.1 Å². The van der Waals surface area contributed by atoms with Crippen LogP contribution >= 0.6 is 11.3 Å². The Balaban J connectivity index is 1.73. The fraction of sp³-hybridized carbons (Fsp3) is 0.250. The maximum absolute atomic E-state index is 12.7. The lowest BCUT2D eigenvalue weighted by atomic mass is 10.0. The number of benzene rings is 2. The third-order valence-corrected chi connectivity index (χ3v) is 7.11. The summed E-state index contributed by atoms with van der Waals surface area (Å²) in [6.07, 6.45) is 0. The summed E-state index contributed by atoms with van der Waals surface area (Å²) >= 11 is 0.806. The van der Waals surface area contributed by atoms with Crippen LogP contribution in [0.5, 0.6) is 0 Å². The lowest BCUT2D eigenvalue weighted by Gasteiger charge is -2.16. The Bertz CT molecular complexity index is 1160. The van der Waals surface area contributed by atoms with E-state index in [9.17, 15) is 13.2 Å². The molecule has 7 nitrogen and oxygen atoms in total. The third-order valence-electron chi connectivity index (χ3n) is 4.36. The van der Waals surface area contributed by atoms with Crippen LogP contribution in [0.4, 0.5) is 5.13 Å². The summed E-state index contributed by atoms with van der Waals surface area (Å²) in [5, 5.41) is 10.2. The first-order chi connectivity index (χ1) is 13.7. The van der Waals surface area contributed by atoms with E-state index in [0.29, 0.717) is 5.56 Å². The molecule has 152 valence electrons. The molecule has 1 atom stereocenters. The van der Waals surface area contributed by atoms with Gasteiger partial charge >= 0.3 is 0 Å². The molecule has 29 heavy (non-hydrogen) atoms. The van der Waals surface area contributed by atoms with Gasteiger partial charge in [0.25, 0.3) is 15.9 Å². The van der Waals surface area contributed by atoms with E-state index in [1.54, 1.807) is 25.1 Å². The minimum atomic E-state index is -3.88. The molecule has 0 saturated heterocycles. The number of anilines is 1. The Morgan fingerprint density at radius 2 is 1.76 bits per heavy atom. The van der Waals surface area contributed by atoms with Crippen LogP contribution in [0.25, 0.3) is 0 Å². The molecule has 1 heterocycles. The number of amides is 1. The van der Waals surface area contributed by atoms with Gasteiger partial charge in [0.05, 0.1) is 0 Å². The van der Waals surface area contributed by atoms with Crippen LogP contribution in [0.2, 0.25) is 0 Å². The molecule has 1 amide bonds. The van der Waals surface area contributed by atoms with Crippen molar-refractivity contribution in [3.05, 3.63) is 70.3 Å². The van der Waals surface area contributed by atoms with E-state index in [0.717, 1.165) is 33.6 Å². The average Bonchev–Trinajstić information content (AvgIpc) is 3.10.